The molecule has 4 N–H and O–H groups in total. The van der Waals surface area contributed by atoms with Crippen LogP contribution in [0.4, 0.5) is 0 Å². The molecular weight excluding hydrogens is 234 g/mol. The van der Waals surface area contributed by atoms with Crippen LogP contribution in [0.1, 0.15) is 20.3 Å². The van der Waals surface area contributed by atoms with Crippen molar-refractivity contribution in [1.29, 1.82) is 0 Å². The van der Waals surface area contributed by atoms with Gasteiger partial charge in [0, 0.05) is 17.7 Å². The van der Waals surface area contributed by atoms with Gasteiger partial charge in [-0.05, 0) is 20.3 Å². The fourth-order valence-corrected chi connectivity index (χ4v) is 1.21. The fourth-order valence-electron chi connectivity index (χ4n) is 1.21. The quantitative estimate of drug-likeness (QED) is 0.430. The van der Waals surface area contributed by atoms with Crippen molar-refractivity contribution in [3.63, 3.8) is 0 Å². The molecule has 2 amide bonds. The van der Waals surface area contributed by atoms with Crippen LogP contribution in [0.15, 0.2) is 24.3 Å². The van der Waals surface area contributed by atoms with E-state index in [4.69, 9.17) is 10.8 Å². The highest BCUT2D eigenvalue weighted by Crippen LogP contribution is 2.03. The largest absolute Gasteiger partial charge is 0.376 e. The number of carbonyl (C=O) groups is 2. The minimum absolute atomic E-state index is 0.260. The van der Waals surface area contributed by atoms with E-state index in [-0.39, 0.29) is 5.91 Å². The molecule has 0 bridgehead atoms. The minimum atomic E-state index is -0.676. The first kappa shape index (κ1) is 16.3. The maximum absolute atomic E-state index is 11.6. The van der Waals surface area contributed by atoms with E-state index >= 15 is 0 Å². The van der Waals surface area contributed by atoms with Crippen LogP contribution in [0.3, 0.4) is 0 Å². The van der Waals surface area contributed by atoms with Gasteiger partial charge in [0.2, 0.25) is 5.91 Å². The van der Waals surface area contributed by atoms with Gasteiger partial charge in [0.1, 0.15) is 6.73 Å². The molecule has 0 fully saturated rings. The van der Waals surface area contributed by atoms with Gasteiger partial charge in [-0.15, -0.1) is 0 Å². The molecule has 6 heteroatoms. The zero-order chi connectivity index (χ0) is 14.3. The Morgan fingerprint density at radius 1 is 1.33 bits per heavy atom. The summed E-state index contributed by atoms with van der Waals surface area (Å²) >= 11 is 0. The number of rotatable bonds is 7. The van der Waals surface area contributed by atoms with Gasteiger partial charge in [0.05, 0.1) is 6.17 Å². The molecular formula is C12H21N3O3. The molecule has 0 spiro atoms. The lowest BCUT2D eigenvalue weighted by atomic mass is 10.2. The molecule has 6 nitrogen and oxygen atoms in total. The van der Waals surface area contributed by atoms with Crippen LogP contribution in [0.5, 0.6) is 0 Å². The molecule has 0 saturated carbocycles. The third kappa shape index (κ3) is 5.11. The van der Waals surface area contributed by atoms with E-state index in [0.717, 1.165) is 4.90 Å². The van der Waals surface area contributed by atoms with Crippen molar-refractivity contribution in [3.8, 4) is 0 Å². The smallest absolute Gasteiger partial charge is 0.251 e. The number of amides is 2. The summed E-state index contributed by atoms with van der Waals surface area (Å²) in [5, 5.41) is 11.7. The van der Waals surface area contributed by atoms with Gasteiger partial charge in [0.25, 0.3) is 5.91 Å². The fraction of sp³-hybridized carbons (Fsp3) is 0.500. The van der Waals surface area contributed by atoms with Gasteiger partial charge in [-0.2, -0.15) is 0 Å². The normalized spacial score (nSPS) is 11.6. The van der Waals surface area contributed by atoms with Crippen LogP contribution in [-0.4, -0.2) is 41.3 Å². The number of hydrogen-bond acceptors (Lipinski definition) is 4. The Kier molecular flexibility index (Phi) is 6.92. The molecule has 0 aromatic rings. The van der Waals surface area contributed by atoms with E-state index in [9.17, 15) is 9.59 Å². The highest BCUT2D eigenvalue weighted by atomic mass is 16.3. The summed E-state index contributed by atoms with van der Waals surface area (Å²) < 4.78 is 0. The van der Waals surface area contributed by atoms with Crippen molar-refractivity contribution in [1.82, 2.24) is 10.2 Å². The topological polar surface area (TPSA) is 95.7 Å². The average Bonchev–Trinajstić information content (AvgIpc) is 2.29. The third-order valence-corrected chi connectivity index (χ3v) is 2.29. The number of aliphatic hydroxyl groups is 1. The number of nitrogens with zero attached hydrogens (tertiary/aromatic N) is 1. The van der Waals surface area contributed by atoms with E-state index in [0.29, 0.717) is 24.1 Å². The highest BCUT2D eigenvalue weighted by molar-refractivity contribution is 5.92. The zero-order valence-electron chi connectivity index (χ0n) is 10.9. The Labute approximate surface area is 107 Å². The summed E-state index contributed by atoms with van der Waals surface area (Å²) in [6, 6.07) is 0. The lowest BCUT2D eigenvalue weighted by Gasteiger charge is -2.27. The Morgan fingerprint density at radius 2 is 1.89 bits per heavy atom. The molecule has 0 aliphatic rings. The molecule has 1 unspecified atom stereocenters. The van der Waals surface area contributed by atoms with Crippen LogP contribution in [0.2, 0.25) is 0 Å². The van der Waals surface area contributed by atoms with Gasteiger partial charge >= 0.3 is 0 Å². The average molecular weight is 255 g/mol. The van der Waals surface area contributed by atoms with Crippen molar-refractivity contribution in [2.24, 2.45) is 5.73 Å². The molecule has 102 valence electrons. The summed E-state index contributed by atoms with van der Waals surface area (Å²) in [4.78, 5) is 23.9. The summed E-state index contributed by atoms with van der Waals surface area (Å²) in [5.74, 6) is -0.666. The zero-order valence-corrected chi connectivity index (χ0v) is 10.9. The van der Waals surface area contributed by atoms with E-state index in [1.807, 2.05) is 0 Å². The standard InChI is InChI=1S/C12H21N3O3/c1-8(2)11(17)14-6-5-10(13)15(7-16)12(18)9(3)4/h10,16H,1,3,5-7,13H2,2,4H3,(H,14,17). The third-order valence-electron chi connectivity index (χ3n) is 2.29. The van der Waals surface area contributed by atoms with Crippen molar-refractivity contribution >= 4 is 11.8 Å². The molecule has 0 aliphatic carbocycles. The first-order valence-electron chi connectivity index (χ1n) is 5.57. The Hall–Kier alpha value is -1.66. The molecule has 18 heavy (non-hydrogen) atoms. The van der Waals surface area contributed by atoms with Gasteiger partial charge in [-0.25, -0.2) is 0 Å². The monoisotopic (exact) mass is 255 g/mol. The van der Waals surface area contributed by atoms with Gasteiger partial charge in [0.15, 0.2) is 0 Å². The SMILES string of the molecule is C=C(C)C(=O)NCCC(N)N(CO)C(=O)C(=C)C. The van der Waals surface area contributed by atoms with Crippen LogP contribution >= 0.6 is 0 Å². The van der Waals surface area contributed by atoms with E-state index in [1.54, 1.807) is 13.8 Å². The summed E-state index contributed by atoms with van der Waals surface area (Å²) in [6.07, 6.45) is -0.344. The maximum atomic E-state index is 11.6. The minimum Gasteiger partial charge on any atom is -0.376 e. The molecule has 0 radical (unpaired) electrons. The van der Waals surface area contributed by atoms with Crippen LogP contribution < -0.4 is 11.1 Å². The number of aliphatic hydroxyl groups excluding tert-OH is 1. The number of nitrogens with one attached hydrogen (secondary N) is 1. The van der Waals surface area contributed by atoms with Crippen molar-refractivity contribution < 1.29 is 14.7 Å². The highest BCUT2D eigenvalue weighted by Gasteiger charge is 2.19. The maximum Gasteiger partial charge on any atom is 0.251 e. The Balaban J connectivity index is 4.25. The first-order valence-corrected chi connectivity index (χ1v) is 5.57. The second-order valence-electron chi connectivity index (χ2n) is 4.09. The number of nitrogens with two attached hydrogens (primary N) is 1. The first-order chi connectivity index (χ1) is 8.31. The molecule has 0 rings (SSSR count). The van der Waals surface area contributed by atoms with E-state index in [2.05, 4.69) is 18.5 Å². The molecule has 1 atom stereocenters. The van der Waals surface area contributed by atoms with Gasteiger partial charge in [-0.3, -0.25) is 9.59 Å². The second kappa shape index (κ2) is 7.62. The molecule has 0 aromatic heterocycles. The lowest BCUT2D eigenvalue weighted by Crippen LogP contribution is -2.48. The molecule has 0 heterocycles. The van der Waals surface area contributed by atoms with Crippen molar-refractivity contribution in [2.45, 2.75) is 26.4 Å². The van der Waals surface area contributed by atoms with Crippen LogP contribution in [-0.2, 0) is 9.59 Å². The molecule has 0 saturated heterocycles. The summed E-state index contributed by atoms with van der Waals surface area (Å²) in [5.41, 5.74) is 6.46. The number of carbonyl (C=O) groups excluding carboxylic acids is 2. The van der Waals surface area contributed by atoms with Crippen molar-refractivity contribution in [2.75, 3.05) is 13.3 Å². The van der Waals surface area contributed by atoms with E-state index in [1.165, 1.54) is 0 Å². The number of hydrogen-bond donors (Lipinski definition) is 3. The predicted molar refractivity (Wildman–Crippen MR) is 69.2 cm³/mol. The summed E-state index contributed by atoms with van der Waals surface area (Å²) in [6.45, 7) is 9.95. The summed E-state index contributed by atoms with van der Waals surface area (Å²) in [7, 11) is 0. The Morgan fingerprint density at radius 3 is 2.28 bits per heavy atom. The van der Waals surface area contributed by atoms with Gasteiger partial charge in [-0.1, -0.05) is 13.2 Å². The molecule has 0 aromatic carbocycles. The predicted octanol–water partition coefficient (Wildman–Crippen LogP) is -0.292. The molecule has 0 aliphatic heterocycles. The second-order valence-corrected chi connectivity index (χ2v) is 4.09. The van der Waals surface area contributed by atoms with Crippen LogP contribution in [0.25, 0.3) is 0 Å². The van der Waals surface area contributed by atoms with Crippen LogP contribution in [0, 0.1) is 0 Å². The lowest BCUT2D eigenvalue weighted by molar-refractivity contribution is -0.133. The van der Waals surface area contributed by atoms with Crippen molar-refractivity contribution in [3.05, 3.63) is 24.3 Å². The Bertz CT molecular complexity index is 352. The van der Waals surface area contributed by atoms with E-state index < -0.39 is 18.8 Å². The van der Waals surface area contributed by atoms with Gasteiger partial charge < -0.3 is 21.1 Å².